The summed E-state index contributed by atoms with van der Waals surface area (Å²) < 4.78 is -0.242. The number of hydrogen-bond acceptors (Lipinski definition) is 4. The van der Waals surface area contributed by atoms with Gasteiger partial charge in [0, 0.05) is 10.3 Å². The molecule has 2 aliphatic heterocycles. The molecule has 0 aliphatic carbocycles. The predicted molar refractivity (Wildman–Crippen MR) is 104 cm³/mol. The number of alkyl halides is 2. The summed E-state index contributed by atoms with van der Waals surface area (Å²) in [4.78, 5) is 37.7. The summed E-state index contributed by atoms with van der Waals surface area (Å²) in [7, 11) is 0. The molecule has 3 rings (SSSR count). The molecule has 0 saturated carbocycles. The van der Waals surface area contributed by atoms with Gasteiger partial charge < -0.3 is 15.3 Å². The summed E-state index contributed by atoms with van der Waals surface area (Å²) >= 11 is 9.53. The van der Waals surface area contributed by atoms with Crippen molar-refractivity contribution in [2.45, 2.75) is 28.6 Å². The first-order valence-electron chi connectivity index (χ1n) is 7.61. The Morgan fingerprint density at radius 3 is 2.60 bits per heavy atom. The molecule has 2 fully saturated rings. The number of fused-ring (bicyclic) bond motifs is 1. The van der Waals surface area contributed by atoms with Crippen molar-refractivity contribution in [1.82, 2.24) is 10.2 Å². The van der Waals surface area contributed by atoms with Crippen molar-refractivity contribution in [2.24, 2.45) is 0 Å². The van der Waals surface area contributed by atoms with E-state index in [9.17, 15) is 19.5 Å². The highest BCUT2D eigenvalue weighted by Gasteiger charge is 2.66. The van der Waals surface area contributed by atoms with Crippen LogP contribution in [0.4, 0.5) is 0 Å². The minimum absolute atomic E-state index is 0.128. The van der Waals surface area contributed by atoms with E-state index in [-0.39, 0.29) is 29.5 Å². The Hall–Kier alpha value is -1.000. The third-order valence-corrected chi connectivity index (χ3v) is 8.66. The van der Waals surface area contributed by atoms with Gasteiger partial charge in [-0.15, -0.1) is 23.4 Å². The SMILES string of the molecule is O=C(Cc1ccccc1)NC1C(=O)N2C1SC(CCl)(CI)C2C(=O)O. The minimum atomic E-state index is -1.06. The molecule has 134 valence electrons. The lowest BCUT2D eigenvalue weighted by atomic mass is 9.95. The van der Waals surface area contributed by atoms with Crippen molar-refractivity contribution in [3.63, 3.8) is 0 Å². The number of aliphatic carboxylic acids is 1. The van der Waals surface area contributed by atoms with Gasteiger partial charge in [-0.25, -0.2) is 4.79 Å². The van der Waals surface area contributed by atoms with Crippen LogP contribution in [0.15, 0.2) is 30.3 Å². The Morgan fingerprint density at radius 2 is 2.04 bits per heavy atom. The molecule has 0 radical (unpaired) electrons. The first kappa shape index (κ1) is 18.8. The lowest BCUT2D eigenvalue weighted by molar-refractivity contribution is -0.160. The molecule has 1 aromatic rings. The van der Waals surface area contributed by atoms with E-state index in [1.807, 2.05) is 30.3 Å². The highest BCUT2D eigenvalue weighted by Crippen LogP contribution is 2.52. The van der Waals surface area contributed by atoms with Gasteiger partial charge in [-0.05, 0) is 5.56 Å². The van der Waals surface area contributed by atoms with Gasteiger partial charge in [0.05, 0.1) is 11.2 Å². The van der Waals surface area contributed by atoms with Gasteiger partial charge in [-0.1, -0.05) is 52.9 Å². The molecule has 2 heterocycles. The van der Waals surface area contributed by atoms with Gasteiger partial charge >= 0.3 is 5.97 Å². The summed E-state index contributed by atoms with van der Waals surface area (Å²) in [5.41, 5.74) is 0.855. The van der Waals surface area contributed by atoms with Gasteiger partial charge in [-0.3, -0.25) is 9.59 Å². The third-order valence-electron chi connectivity index (χ3n) is 4.42. The van der Waals surface area contributed by atoms with Crippen LogP contribution in [-0.4, -0.2) is 60.3 Å². The highest BCUT2D eigenvalue weighted by atomic mass is 127. The lowest BCUT2D eigenvalue weighted by Gasteiger charge is -2.43. The first-order valence-corrected chi connectivity index (χ1v) is 10.6. The second-order valence-corrected chi connectivity index (χ2v) is 8.60. The minimum Gasteiger partial charge on any atom is -0.480 e. The molecule has 0 bridgehead atoms. The molecule has 2 saturated heterocycles. The zero-order valence-electron chi connectivity index (χ0n) is 13.0. The van der Waals surface area contributed by atoms with Crippen molar-refractivity contribution in [1.29, 1.82) is 0 Å². The summed E-state index contributed by atoms with van der Waals surface area (Å²) in [5, 5.41) is 11.9. The third kappa shape index (κ3) is 3.23. The Labute approximate surface area is 167 Å². The van der Waals surface area contributed by atoms with Gasteiger partial charge in [0.25, 0.3) is 0 Å². The van der Waals surface area contributed by atoms with E-state index in [2.05, 4.69) is 27.9 Å². The second kappa shape index (κ2) is 7.32. The Kier molecular flexibility index (Phi) is 5.50. The number of benzene rings is 1. The fourth-order valence-corrected chi connectivity index (χ4v) is 6.76. The number of amides is 2. The van der Waals surface area contributed by atoms with Crippen molar-refractivity contribution in [2.75, 3.05) is 10.3 Å². The average Bonchev–Trinajstić information content (AvgIpc) is 2.93. The molecule has 25 heavy (non-hydrogen) atoms. The molecule has 2 amide bonds. The van der Waals surface area contributed by atoms with Gasteiger partial charge in [0.15, 0.2) is 0 Å². The Bertz CT molecular complexity index is 701. The number of carbonyl (C=O) groups excluding carboxylic acids is 2. The smallest absolute Gasteiger partial charge is 0.327 e. The zero-order chi connectivity index (χ0) is 18.2. The van der Waals surface area contributed by atoms with Crippen LogP contribution < -0.4 is 5.32 Å². The largest absolute Gasteiger partial charge is 0.480 e. The van der Waals surface area contributed by atoms with Crippen LogP contribution in [0.2, 0.25) is 0 Å². The maximum absolute atomic E-state index is 12.5. The molecule has 0 spiro atoms. The fraction of sp³-hybridized carbons (Fsp3) is 0.438. The number of carboxylic acids is 1. The number of hydrogen-bond donors (Lipinski definition) is 2. The topological polar surface area (TPSA) is 86.7 Å². The normalized spacial score (nSPS) is 30.6. The van der Waals surface area contributed by atoms with E-state index in [1.54, 1.807) is 0 Å². The van der Waals surface area contributed by atoms with Crippen LogP contribution in [0.1, 0.15) is 5.56 Å². The molecular weight excluding hydrogens is 479 g/mol. The average molecular weight is 495 g/mol. The molecule has 1 aromatic carbocycles. The molecule has 0 aromatic heterocycles. The summed E-state index contributed by atoms with van der Waals surface area (Å²) in [5.74, 6) is -1.55. The zero-order valence-corrected chi connectivity index (χ0v) is 16.8. The number of carbonyl (C=O) groups is 3. The van der Waals surface area contributed by atoms with E-state index in [0.717, 1.165) is 5.56 Å². The quantitative estimate of drug-likeness (QED) is 0.356. The lowest BCUT2D eigenvalue weighted by Crippen LogP contribution is -2.71. The van der Waals surface area contributed by atoms with E-state index in [0.29, 0.717) is 4.43 Å². The molecule has 4 atom stereocenters. The van der Waals surface area contributed by atoms with Gasteiger partial charge in [0.2, 0.25) is 11.8 Å². The van der Waals surface area contributed by atoms with Crippen LogP contribution in [0.25, 0.3) is 0 Å². The summed E-state index contributed by atoms with van der Waals surface area (Å²) in [6.45, 7) is 0. The molecule has 2 N–H and O–H groups in total. The van der Waals surface area contributed by atoms with Crippen molar-refractivity contribution in [3.05, 3.63) is 35.9 Å². The Balaban J connectivity index is 1.71. The number of nitrogens with one attached hydrogen (secondary N) is 1. The monoisotopic (exact) mass is 494 g/mol. The maximum Gasteiger partial charge on any atom is 0.327 e. The molecular formula is C16H16ClIN2O4S. The fourth-order valence-electron chi connectivity index (χ4n) is 3.17. The van der Waals surface area contributed by atoms with E-state index in [1.165, 1.54) is 16.7 Å². The van der Waals surface area contributed by atoms with Crippen LogP contribution in [0, 0.1) is 0 Å². The van der Waals surface area contributed by atoms with Crippen molar-refractivity contribution >= 4 is 63.7 Å². The van der Waals surface area contributed by atoms with Crippen LogP contribution >= 0.6 is 46.0 Å². The predicted octanol–water partition coefficient (Wildman–Crippen LogP) is 1.49. The van der Waals surface area contributed by atoms with E-state index < -0.39 is 22.8 Å². The summed E-state index contributed by atoms with van der Waals surface area (Å²) in [6, 6.07) is 7.58. The summed E-state index contributed by atoms with van der Waals surface area (Å²) in [6.07, 6.45) is 0.178. The van der Waals surface area contributed by atoms with Crippen molar-refractivity contribution in [3.8, 4) is 0 Å². The van der Waals surface area contributed by atoms with Crippen LogP contribution in [0.3, 0.4) is 0 Å². The van der Waals surface area contributed by atoms with E-state index >= 15 is 0 Å². The van der Waals surface area contributed by atoms with Gasteiger partial charge in [0.1, 0.15) is 17.5 Å². The number of rotatable bonds is 6. The van der Waals surface area contributed by atoms with Crippen LogP contribution in [0.5, 0.6) is 0 Å². The van der Waals surface area contributed by atoms with Gasteiger partial charge in [-0.2, -0.15) is 0 Å². The maximum atomic E-state index is 12.5. The highest BCUT2D eigenvalue weighted by molar-refractivity contribution is 14.1. The van der Waals surface area contributed by atoms with Crippen LogP contribution in [-0.2, 0) is 20.8 Å². The molecule has 2 aliphatic rings. The number of thioether (sulfide) groups is 1. The second-order valence-electron chi connectivity index (χ2n) is 6.03. The number of β-lactam (4-membered cyclic amide) rings is 1. The first-order chi connectivity index (χ1) is 11.9. The standard InChI is InChI=1S/C16H16ClIN2O4S/c17-7-16(8-18)12(15(23)24)20-13(22)11(14(20)25-16)19-10(21)6-9-4-2-1-3-5-9/h1-5,11-12,14H,6-8H2,(H,19,21)(H,23,24). The Morgan fingerprint density at radius 1 is 1.36 bits per heavy atom. The van der Waals surface area contributed by atoms with Crippen molar-refractivity contribution < 1.29 is 19.5 Å². The number of carboxylic acid groups (broad SMARTS) is 1. The molecule has 6 nitrogen and oxygen atoms in total. The molecule has 4 unspecified atom stereocenters. The van der Waals surface area contributed by atoms with E-state index in [4.69, 9.17) is 11.6 Å². The number of nitrogens with zero attached hydrogens (tertiary/aromatic N) is 1. The number of halogens is 2. The molecule has 9 heteroatoms.